The molecular weight excluding hydrogens is 408 g/mol. The Morgan fingerprint density at radius 3 is 2.58 bits per heavy atom. The summed E-state index contributed by atoms with van der Waals surface area (Å²) in [7, 11) is 0. The molecule has 7 nitrogen and oxygen atoms in total. The molecule has 1 aliphatic rings. The van der Waals surface area contributed by atoms with Crippen LogP contribution in [0.25, 0.3) is 5.69 Å². The molecule has 4 rings (SSSR count). The Morgan fingerprint density at radius 1 is 1.06 bits per heavy atom. The van der Waals surface area contributed by atoms with Crippen molar-refractivity contribution in [1.82, 2.24) is 9.78 Å². The normalized spacial score (nSPS) is 12.5. The van der Waals surface area contributed by atoms with Gasteiger partial charge >= 0.3 is 12.6 Å². The maximum Gasteiger partial charge on any atom is 0.387 e. The van der Waals surface area contributed by atoms with E-state index in [4.69, 9.17) is 4.74 Å². The quantitative estimate of drug-likeness (QED) is 0.581. The lowest BCUT2D eigenvalue weighted by atomic mass is 10.2. The van der Waals surface area contributed by atoms with E-state index in [1.54, 1.807) is 10.7 Å². The molecule has 0 saturated heterocycles. The first kappa shape index (κ1) is 20.5. The lowest BCUT2D eigenvalue weighted by Gasteiger charge is -2.11. The third-order valence-electron chi connectivity index (χ3n) is 4.84. The zero-order valence-corrected chi connectivity index (χ0v) is 16.4. The van der Waals surface area contributed by atoms with Crippen LogP contribution in [-0.4, -0.2) is 34.9 Å². The summed E-state index contributed by atoms with van der Waals surface area (Å²) in [4.78, 5) is 24.8. The highest BCUT2D eigenvalue weighted by molar-refractivity contribution is 5.96. The lowest BCUT2D eigenvalue weighted by Crippen LogP contribution is -2.22. The average Bonchev–Trinajstić information content (AvgIpc) is 3.36. The number of anilines is 1. The Kier molecular flexibility index (Phi) is 5.92. The maximum absolute atomic E-state index is 12.6. The number of carbonyl (C=O) groups is 2. The minimum atomic E-state index is -3.03. The van der Waals surface area contributed by atoms with Crippen LogP contribution in [0.1, 0.15) is 28.2 Å². The zero-order chi connectivity index (χ0) is 21.8. The number of para-hydroxylation sites is 3. The highest BCUT2D eigenvalue weighted by atomic mass is 19.3. The average molecular weight is 427 g/mol. The summed E-state index contributed by atoms with van der Waals surface area (Å²) in [5.41, 5.74) is 2.86. The third kappa shape index (κ3) is 4.55. The van der Waals surface area contributed by atoms with Gasteiger partial charge in [0.05, 0.1) is 11.4 Å². The second kappa shape index (κ2) is 8.95. The summed E-state index contributed by atoms with van der Waals surface area (Å²) in [5.74, 6) is -1.57. The first-order valence-corrected chi connectivity index (χ1v) is 9.70. The van der Waals surface area contributed by atoms with Gasteiger partial charge in [-0.3, -0.25) is 4.79 Å². The molecule has 1 aliphatic carbocycles. The van der Waals surface area contributed by atoms with Crippen LogP contribution in [0.2, 0.25) is 0 Å². The molecule has 0 radical (unpaired) electrons. The molecule has 1 aromatic heterocycles. The molecule has 2 aromatic carbocycles. The molecule has 0 saturated carbocycles. The van der Waals surface area contributed by atoms with E-state index >= 15 is 0 Å². The summed E-state index contributed by atoms with van der Waals surface area (Å²) in [6, 6.07) is 15.2. The van der Waals surface area contributed by atoms with Crippen LogP contribution in [0.5, 0.6) is 5.75 Å². The van der Waals surface area contributed by atoms with E-state index in [9.17, 15) is 18.4 Å². The van der Waals surface area contributed by atoms with Crippen LogP contribution in [-0.2, 0) is 22.4 Å². The number of hydrogen-bond donors (Lipinski definition) is 1. The summed E-state index contributed by atoms with van der Waals surface area (Å²) in [5, 5.41) is 6.82. The van der Waals surface area contributed by atoms with Crippen LogP contribution in [0, 0.1) is 0 Å². The number of carbonyl (C=O) groups excluding carboxylic acids is 2. The molecule has 9 heteroatoms. The van der Waals surface area contributed by atoms with E-state index in [1.807, 2.05) is 30.3 Å². The third-order valence-corrected chi connectivity index (χ3v) is 4.84. The van der Waals surface area contributed by atoms with E-state index in [1.165, 1.54) is 18.2 Å². The molecule has 1 N–H and O–H groups in total. The molecule has 0 bridgehead atoms. The summed E-state index contributed by atoms with van der Waals surface area (Å²) >= 11 is 0. The predicted molar refractivity (Wildman–Crippen MR) is 108 cm³/mol. The van der Waals surface area contributed by atoms with Gasteiger partial charge in [-0.2, -0.15) is 13.9 Å². The van der Waals surface area contributed by atoms with Gasteiger partial charge in [-0.05, 0) is 43.5 Å². The van der Waals surface area contributed by atoms with Crippen LogP contribution in [0.3, 0.4) is 0 Å². The van der Waals surface area contributed by atoms with Crippen molar-refractivity contribution >= 4 is 17.6 Å². The smallest absolute Gasteiger partial charge is 0.387 e. The lowest BCUT2D eigenvalue weighted by molar-refractivity contribution is -0.119. The van der Waals surface area contributed by atoms with E-state index in [0.29, 0.717) is 6.42 Å². The van der Waals surface area contributed by atoms with Crippen molar-refractivity contribution in [1.29, 1.82) is 0 Å². The number of amides is 1. The number of esters is 1. The van der Waals surface area contributed by atoms with Gasteiger partial charge in [0, 0.05) is 11.3 Å². The maximum atomic E-state index is 12.6. The van der Waals surface area contributed by atoms with Crippen molar-refractivity contribution in [3.63, 3.8) is 0 Å². The number of hydrogen-bond acceptors (Lipinski definition) is 5. The molecule has 160 valence electrons. The Morgan fingerprint density at radius 2 is 1.81 bits per heavy atom. The highest BCUT2D eigenvalue weighted by Gasteiger charge is 2.28. The minimum absolute atomic E-state index is 0.0538. The number of alkyl halides is 2. The second-order valence-corrected chi connectivity index (χ2v) is 6.87. The van der Waals surface area contributed by atoms with Crippen molar-refractivity contribution in [2.45, 2.75) is 25.9 Å². The Bertz CT molecular complexity index is 1100. The molecular formula is C22H19F2N3O4. The van der Waals surface area contributed by atoms with Gasteiger partial charge in [0.1, 0.15) is 5.75 Å². The molecule has 31 heavy (non-hydrogen) atoms. The second-order valence-electron chi connectivity index (χ2n) is 6.87. The topological polar surface area (TPSA) is 82.5 Å². The van der Waals surface area contributed by atoms with Gasteiger partial charge < -0.3 is 14.8 Å². The number of nitrogens with one attached hydrogen (secondary N) is 1. The fourth-order valence-electron chi connectivity index (χ4n) is 3.54. The number of aromatic nitrogens is 2. The molecule has 0 spiro atoms. The summed E-state index contributed by atoms with van der Waals surface area (Å²) in [6.07, 6.45) is 2.41. The molecule has 3 aromatic rings. The molecule has 0 atom stereocenters. The highest BCUT2D eigenvalue weighted by Crippen LogP contribution is 2.28. The number of nitrogens with zero attached hydrogens (tertiary/aromatic N) is 2. The van der Waals surface area contributed by atoms with Crippen LogP contribution < -0.4 is 10.1 Å². The van der Waals surface area contributed by atoms with Gasteiger partial charge in [0.15, 0.2) is 12.3 Å². The SMILES string of the molecule is O=C(COC(=O)c1nn(-c2ccccc2)c2c1CCC2)Nc1ccccc1OC(F)F. The van der Waals surface area contributed by atoms with Gasteiger partial charge in [-0.25, -0.2) is 9.48 Å². The van der Waals surface area contributed by atoms with Crippen molar-refractivity contribution in [2.75, 3.05) is 11.9 Å². The number of ether oxygens (including phenoxy) is 2. The van der Waals surface area contributed by atoms with Crippen molar-refractivity contribution in [2.24, 2.45) is 0 Å². The first-order chi connectivity index (χ1) is 15.0. The first-order valence-electron chi connectivity index (χ1n) is 9.70. The van der Waals surface area contributed by atoms with Gasteiger partial charge in [-0.1, -0.05) is 30.3 Å². The fourth-order valence-corrected chi connectivity index (χ4v) is 3.54. The Balaban J connectivity index is 1.44. The summed E-state index contributed by atoms with van der Waals surface area (Å²) < 4.78 is 36.2. The molecule has 0 fully saturated rings. The molecule has 0 unspecified atom stereocenters. The minimum Gasteiger partial charge on any atom is -0.451 e. The predicted octanol–water partition coefficient (Wildman–Crippen LogP) is 3.76. The molecule has 1 amide bonds. The molecule has 0 aliphatic heterocycles. The van der Waals surface area contributed by atoms with E-state index < -0.39 is 25.1 Å². The van der Waals surface area contributed by atoms with Crippen LogP contribution in [0.15, 0.2) is 54.6 Å². The Hall–Kier alpha value is -3.75. The number of benzene rings is 2. The largest absolute Gasteiger partial charge is 0.451 e. The number of halogens is 2. The van der Waals surface area contributed by atoms with Gasteiger partial charge in [-0.15, -0.1) is 0 Å². The van der Waals surface area contributed by atoms with Crippen LogP contribution >= 0.6 is 0 Å². The zero-order valence-electron chi connectivity index (χ0n) is 16.4. The molecule has 1 heterocycles. The van der Waals surface area contributed by atoms with E-state index in [0.717, 1.165) is 29.8 Å². The summed E-state index contributed by atoms with van der Waals surface area (Å²) in [6.45, 7) is -3.62. The van der Waals surface area contributed by atoms with Gasteiger partial charge in [0.25, 0.3) is 5.91 Å². The number of fused-ring (bicyclic) bond motifs is 1. The monoisotopic (exact) mass is 427 g/mol. The van der Waals surface area contributed by atoms with Crippen molar-refractivity contribution in [3.05, 3.63) is 71.5 Å². The van der Waals surface area contributed by atoms with E-state index in [2.05, 4.69) is 15.2 Å². The number of rotatable bonds is 7. The fraction of sp³-hybridized carbons (Fsp3) is 0.227. The van der Waals surface area contributed by atoms with Gasteiger partial charge in [0.2, 0.25) is 0 Å². The van der Waals surface area contributed by atoms with E-state index in [-0.39, 0.29) is 17.1 Å². The van der Waals surface area contributed by atoms with Crippen LogP contribution in [0.4, 0.5) is 14.5 Å². The van der Waals surface area contributed by atoms with Crippen molar-refractivity contribution < 1.29 is 27.8 Å². The standard InChI is InChI=1S/C22H19F2N3O4/c23-22(24)31-18-12-5-4-10-16(18)25-19(28)13-30-21(29)20-15-9-6-11-17(15)27(26-20)14-7-2-1-3-8-14/h1-5,7-8,10,12,22H,6,9,11,13H2,(H,25,28). The van der Waals surface area contributed by atoms with Crippen molar-refractivity contribution in [3.8, 4) is 11.4 Å². The Labute approximate surface area is 176 Å².